The Balaban J connectivity index is 2.71. The van der Waals surface area contributed by atoms with E-state index in [2.05, 4.69) is 5.32 Å². The predicted molar refractivity (Wildman–Crippen MR) is 69.2 cm³/mol. The van der Waals surface area contributed by atoms with Crippen LogP contribution in [0.15, 0.2) is 24.3 Å². The molecule has 112 valence electrons. The largest absolute Gasteiger partial charge is 0.481 e. The van der Waals surface area contributed by atoms with Gasteiger partial charge < -0.3 is 10.4 Å². The number of aliphatic carboxylic acids is 1. The van der Waals surface area contributed by atoms with Crippen LogP contribution in [0.4, 0.5) is 13.2 Å². The average Bonchev–Trinajstić information content (AvgIpc) is 2.33. The van der Waals surface area contributed by atoms with Crippen LogP contribution in [0.1, 0.15) is 31.4 Å². The number of hydrogen-bond donors (Lipinski definition) is 2. The summed E-state index contributed by atoms with van der Waals surface area (Å²) in [5.41, 5.74) is -0.216. The second-order valence-electron chi connectivity index (χ2n) is 5.03. The van der Waals surface area contributed by atoms with Gasteiger partial charge in [0.05, 0.1) is 12.0 Å². The number of nitrogens with one attached hydrogen (secondary N) is 1. The van der Waals surface area contributed by atoms with Crippen LogP contribution in [0.2, 0.25) is 0 Å². The first-order chi connectivity index (χ1) is 9.20. The van der Waals surface area contributed by atoms with Gasteiger partial charge in [-0.2, -0.15) is 13.2 Å². The van der Waals surface area contributed by atoms with Crippen molar-refractivity contribution in [1.82, 2.24) is 5.32 Å². The van der Waals surface area contributed by atoms with Gasteiger partial charge >= 0.3 is 12.1 Å². The van der Waals surface area contributed by atoms with Crippen molar-refractivity contribution in [2.24, 2.45) is 5.92 Å². The fourth-order valence-electron chi connectivity index (χ4n) is 1.84. The smallest absolute Gasteiger partial charge is 0.416 e. The number of alkyl halides is 3. The minimum atomic E-state index is -4.37. The van der Waals surface area contributed by atoms with E-state index < -0.39 is 17.7 Å². The molecule has 0 heterocycles. The predicted octanol–water partition coefficient (Wildman–Crippen LogP) is 3.29. The van der Waals surface area contributed by atoms with Gasteiger partial charge in [-0.3, -0.25) is 4.79 Å². The molecule has 0 fully saturated rings. The monoisotopic (exact) mass is 289 g/mol. The number of halogens is 3. The van der Waals surface area contributed by atoms with E-state index in [1.54, 1.807) is 6.07 Å². The zero-order valence-electron chi connectivity index (χ0n) is 11.4. The van der Waals surface area contributed by atoms with Crippen molar-refractivity contribution in [2.45, 2.75) is 39.0 Å². The van der Waals surface area contributed by atoms with Crippen LogP contribution >= 0.6 is 0 Å². The molecule has 1 unspecified atom stereocenters. The number of hydrogen-bond acceptors (Lipinski definition) is 2. The minimum absolute atomic E-state index is 0.0589. The van der Waals surface area contributed by atoms with Gasteiger partial charge in [0.2, 0.25) is 0 Å². The van der Waals surface area contributed by atoms with Crippen LogP contribution in [-0.2, 0) is 17.5 Å². The second-order valence-corrected chi connectivity index (χ2v) is 5.03. The summed E-state index contributed by atoms with van der Waals surface area (Å²) in [6, 6.07) is 4.75. The molecule has 0 spiro atoms. The SMILES string of the molecule is CC(C)C(CC(=O)O)NCc1cccc(C(F)(F)F)c1. The van der Waals surface area contributed by atoms with Crippen molar-refractivity contribution >= 4 is 5.97 Å². The van der Waals surface area contributed by atoms with Gasteiger partial charge in [-0.05, 0) is 17.5 Å². The van der Waals surface area contributed by atoms with E-state index in [0.717, 1.165) is 12.1 Å². The third kappa shape index (κ3) is 5.21. The molecule has 6 heteroatoms. The van der Waals surface area contributed by atoms with Crippen LogP contribution in [0.5, 0.6) is 0 Å². The zero-order valence-corrected chi connectivity index (χ0v) is 11.4. The molecular formula is C14H18F3NO2. The van der Waals surface area contributed by atoms with Crippen molar-refractivity contribution in [3.8, 4) is 0 Å². The number of benzene rings is 1. The summed E-state index contributed by atoms with van der Waals surface area (Å²) in [7, 11) is 0. The van der Waals surface area contributed by atoms with Crippen LogP contribution in [0.3, 0.4) is 0 Å². The molecule has 0 amide bonds. The molecule has 0 aliphatic rings. The van der Waals surface area contributed by atoms with E-state index in [-0.39, 0.29) is 24.9 Å². The fourth-order valence-corrected chi connectivity index (χ4v) is 1.84. The molecule has 1 rings (SSSR count). The summed E-state index contributed by atoms with van der Waals surface area (Å²) < 4.78 is 37.7. The highest BCUT2D eigenvalue weighted by molar-refractivity contribution is 5.67. The summed E-state index contributed by atoms with van der Waals surface area (Å²) in [6.07, 6.45) is -4.43. The van der Waals surface area contributed by atoms with Gasteiger partial charge in [0.25, 0.3) is 0 Å². The van der Waals surface area contributed by atoms with Crippen LogP contribution < -0.4 is 5.32 Å². The lowest BCUT2D eigenvalue weighted by Crippen LogP contribution is -2.35. The maximum Gasteiger partial charge on any atom is 0.416 e. The summed E-state index contributed by atoms with van der Waals surface area (Å²) in [6.45, 7) is 3.94. The highest BCUT2D eigenvalue weighted by atomic mass is 19.4. The highest BCUT2D eigenvalue weighted by Gasteiger charge is 2.30. The first-order valence-corrected chi connectivity index (χ1v) is 6.31. The van der Waals surface area contributed by atoms with Gasteiger partial charge in [0.1, 0.15) is 0 Å². The molecule has 1 aromatic carbocycles. The molecule has 3 nitrogen and oxygen atoms in total. The molecular weight excluding hydrogens is 271 g/mol. The standard InChI is InChI=1S/C14H18F3NO2/c1-9(2)12(7-13(19)20)18-8-10-4-3-5-11(6-10)14(15,16)17/h3-6,9,12,18H,7-8H2,1-2H3,(H,19,20). The van der Waals surface area contributed by atoms with E-state index in [1.807, 2.05) is 13.8 Å². The number of rotatable bonds is 6. The topological polar surface area (TPSA) is 49.3 Å². The number of carboxylic acid groups (broad SMARTS) is 1. The normalized spacial score (nSPS) is 13.5. The Hall–Kier alpha value is -1.56. The lowest BCUT2D eigenvalue weighted by atomic mass is 10.0. The second kappa shape index (κ2) is 6.74. The first kappa shape index (κ1) is 16.5. The molecule has 0 radical (unpaired) electrons. The molecule has 0 aliphatic carbocycles. The van der Waals surface area contributed by atoms with Gasteiger partial charge in [-0.15, -0.1) is 0 Å². The summed E-state index contributed by atoms with van der Waals surface area (Å²) in [5.74, 6) is -0.850. The molecule has 2 N–H and O–H groups in total. The maximum atomic E-state index is 12.6. The molecule has 0 aromatic heterocycles. The Bertz CT molecular complexity index is 458. The van der Waals surface area contributed by atoms with Gasteiger partial charge in [-0.25, -0.2) is 0 Å². The summed E-state index contributed by atoms with van der Waals surface area (Å²) >= 11 is 0. The lowest BCUT2D eigenvalue weighted by Gasteiger charge is -2.21. The molecule has 0 saturated heterocycles. The minimum Gasteiger partial charge on any atom is -0.481 e. The third-order valence-electron chi connectivity index (χ3n) is 3.02. The van der Waals surface area contributed by atoms with E-state index in [9.17, 15) is 18.0 Å². The van der Waals surface area contributed by atoms with Crippen molar-refractivity contribution in [3.63, 3.8) is 0 Å². The molecule has 0 aliphatic heterocycles. The molecule has 1 atom stereocenters. The molecule has 20 heavy (non-hydrogen) atoms. The van der Waals surface area contributed by atoms with Crippen molar-refractivity contribution in [3.05, 3.63) is 35.4 Å². The van der Waals surface area contributed by atoms with E-state index in [1.165, 1.54) is 6.07 Å². The third-order valence-corrected chi connectivity index (χ3v) is 3.02. The average molecular weight is 289 g/mol. The Morgan fingerprint density at radius 1 is 1.35 bits per heavy atom. The maximum absolute atomic E-state index is 12.6. The summed E-state index contributed by atoms with van der Waals surface area (Å²) in [4.78, 5) is 10.7. The zero-order chi connectivity index (χ0) is 15.3. The Kier molecular flexibility index (Phi) is 5.56. The lowest BCUT2D eigenvalue weighted by molar-refractivity contribution is -0.138. The Morgan fingerprint density at radius 2 is 2.00 bits per heavy atom. The van der Waals surface area contributed by atoms with Crippen LogP contribution in [0.25, 0.3) is 0 Å². The van der Waals surface area contributed by atoms with Crippen molar-refractivity contribution < 1.29 is 23.1 Å². The summed E-state index contributed by atoms with van der Waals surface area (Å²) in [5, 5.41) is 11.8. The molecule has 1 aromatic rings. The van der Waals surface area contributed by atoms with Crippen molar-refractivity contribution in [1.29, 1.82) is 0 Å². The fraction of sp³-hybridized carbons (Fsp3) is 0.500. The van der Waals surface area contributed by atoms with Crippen molar-refractivity contribution in [2.75, 3.05) is 0 Å². The van der Waals surface area contributed by atoms with Crippen LogP contribution in [-0.4, -0.2) is 17.1 Å². The Morgan fingerprint density at radius 3 is 2.50 bits per heavy atom. The quantitative estimate of drug-likeness (QED) is 0.845. The van der Waals surface area contributed by atoms with E-state index >= 15 is 0 Å². The Labute approximate surface area is 115 Å². The number of carbonyl (C=O) groups is 1. The van der Waals surface area contributed by atoms with E-state index in [4.69, 9.17) is 5.11 Å². The van der Waals surface area contributed by atoms with Crippen LogP contribution in [0, 0.1) is 5.92 Å². The van der Waals surface area contributed by atoms with Gasteiger partial charge in [0.15, 0.2) is 0 Å². The molecule has 0 bridgehead atoms. The van der Waals surface area contributed by atoms with Gasteiger partial charge in [0, 0.05) is 12.6 Å². The van der Waals surface area contributed by atoms with Gasteiger partial charge in [-0.1, -0.05) is 32.0 Å². The molecule has 0 saturated carbocycles. The number of carboxylic acids is 1. The highest BCUT2D eigenvalue weighted by Crippen LogP contribution is 2.29. The first-order valence-electron chi connectivity index (χ1n) is 6.31. The van der Waals surface area contributed by atoms with E-state index in [0.29, 0.717) is 5.56 Å².